The third-order valence-electron chi connectivity index (χ3n) is 3.87. The molecule has 100 valence electrons. The zero-order valence-electron chi connectivity index (χ0n) is 10.9. The maximum atomic E-state index is 11.7. The summed E-state index contributed by atoms with van der Waals surface area (Å²) in [6, 6.07) is 7.72. The molecule has 1 aromatic rings. The van der Waals surface area contributed by atoms with Crippen molar-refractivity contribution in [1.82, 2.24) is 0 Å². The Kier molecular flexibility index (Phi) is 3.66. The molecule has 0 heterocycles. The van der Waals surface area contributed by atoms with Crippen LogP contribution in [0.3, 0.4) is 0 Å². The van der Waals surface area contributed by atoms with Gasteiger partial charge in [-0.2, -0.15) is 0 Å². The summed E-state index contributed by atoms with van der Waals surface area (Å²) in [6.07, 6.45) is 6.69. The van der Waals surface area contributed by atoms with Crippen LogP contribution in [0.1, 0.15) is 37.7 Å². The highest BCUT2D eigenvalue weighted by atomic mass is 32.2. The molecule has 1 aliphatic rings. The smallest absolute Gasteiger partial charge is 0.148 e. The van der Waals surface area contributed by atoms with Crippen molar-refractivity contribution in [2.24, 2.45) is 0 Å². The van der Waals surface area contributed by atoms with E-state index in [1.54, 1.807) is 0 Å². The molecule has 1 aromatic carbocycles. The molecule has 0 unspecified atom stereocenters. The van der Waals surface area contributed by atoms with E-state index < -0.39 is 9.84 Å². The van der Waals surface area contributed by atoms with Crippen molar-refractivity contribution in [2.45, 2.75) is 37.5 Å². The first-order valence-corrected chi connectivity index (χ1v) is 8.51. The van der Waals surface area contributed by atoms with Gasteiger partial charge < -0.3 is 5.73 Å². The summed E-state index contributed by atoms with van der Waals surface area (Å²) in [5, 5.41) is 0. The molecule has 2 rings (SSSR count). The monoisotopic (exact) mass is 267 g/mol. The van der Waals surface area contributed by atoms with Gasteiger partial charge in [-0.3, -0.25) is 0 Å². The maximum Gasteiger partial charge on any atom is 0.148 e. The van der Waals surface area contributed by atoms with Gasteiger partial charge in [0.2, 0.25) is 0 Å². The number of nitrogen functional groups attached to an aromatic ring is 1. The van der Waals surface area contributed by atoms with E-state index in [0.717, 1.165) is 36.9 Å². The van der Waals surface area contributed by atoms with Crippen LogP contribution in [0.2, 0.25) is 0 Å². The molecule has 2 N–H and O–H groups in total. The number of hydrogen-bond acceptors (Lipinski definition) is 3. The molecule has 0 bridgehead atoms. The fourth-order valence-corrected chi connectivity index (χ4v) is 4.54. The lowest BCUT2D eigenvalue weighted by Crippen LogP contribution is -2.36. The van der Waals surface area contributed by atoms with Crippen molar-refractivity contribution in [1.29, 1.82) is 0 Å². The molecule has 4 heteroatoms. The molecular weight excluding hydrogens is 246 g/mol. The Morgan fingerprint density at radius 2 is 1.67 bits per heavy atom. The van der Waals surface area contributed by atoms with Crippen molar-refractivity contribution in [3.8, 4) is 0 Å². The molecule has 0 atom stereocenters. The van der Waals surface area contributed by atoms with Crippen molar-refractivity contribution in [2.75, 3.05) is 17.7 Å². The molecule has 0 aliphatic heterocycles. The topological polar surface area (TPSA) is 60.2 Å². The molecule has 0 aromatic heterocycles. The molecule has 1 fully saturated rings. The summed E-state index contributed by atoms with van der Waals surface area (Å²) in [7, 11) is -2.97. The van der Waals surface area contributed by atoms with Crippen LogP contribution in [0.25, 0.3) is 0 Å². The van der Waals surface area contributed by atoms with Crippen LogP contribution in [0.4, 0.5) is 5.69 Å². The van der Waals surface area contributed by atoms with Crippen LogP contribution < -0.4 is 5.73 Å². The Morgan fingerprint density at radius 1 is 1.11 bits per heavy atom. The summed E-state index contributed by atoms with van der Waals surface area (Å²) in [4.78, 5) is 0. The lowest BCUT2D eigenvalue weighted by molar-refractivity contribution is 0.321. The van der Waals surface area contributed by atoms with E-state index in [0.29, 0.717) is 0 Å². The minimum atomic E-state index is -2.97. The van der Waals surface area contributed by atoms with Crippen LogP contribution in [-0.4, -0.2) is 20.4 Å². The van der Waals surface area contributed by atoms with Gasteiger partial charge in [0.15, 0.2) is 0 Å². The summed E-state index contributed by atoms with van der Waals surface area (Å²) in [5.74, 6) is 0.254. The van der Waals surface area contributed by atoms with E-state index in [1.807, 2.05) is 24.3 Å². The Bertz CT molecular complexity index is 499. The highest BCUT2D eigenvalue weighted by Crippen LogP contribution is 2.40. The van der Waals surface area contributed by atoms with Crippen LogP contribution in [0.5, 0.6) is 0 Å². The number of sulfone groups is 1. The lowest BCUT2D eigenvalue weighted by Gasteiger charge is -2.37. The zero-order valence-corrected chi connectivity index (χ0v) is 11.7. The van der Waals surface area contributed by atoms with Gasteiger partial charge in [-0.05, 0) is 30.5 Å². The van der Waals surface area contributed by atoms with Gasteiger partial charge in [-0.15, -0.1) is 0 Å². The van der Waals surface area contributed by atoms with Crippen molar-refractivity contribution >= 4 is 15.5 Å². The van der Waals surface area contributed by atoms with Gasteiger partial charge in [0.05, 0.1) is 5.75 Å². The van der Waals surface area contributed by atoms with Crippen molar-refractivity contribution in [3.05, 3.63) is 29.8 Å². The molecule has 0 amide bonds. The predicted molar refractivity (Wildman–Crippen MR) is 75.3 cm³/mol. The van der Waals surface area contributed by atoms with Crippen LogP contribution >= 0.6 is 0 Å². The summed E-state index contributed by atoms with van der Waals surface area (Å²) >= 11 is 0. The molecule has 0 spiro atoms. The molecule has 0 radical (unpaired) electrons. The van der Waals surface area contributed by atoms with E-state index in [1.165, 1.54) is 12.7 Å². The Labute approximate surface area is 109 Å². The van der Waals surface area contributed by atoms with Crippen LogP contribution in [0, 0.1) is 0 Å². The molecule has 0 saturated heterocycles. The largest absolute Gasteiger partial charge is 0.399 e. The Balaban J connectivity index is 2.38. The summed E-state index contributed by atoms with van der Waals surface area (Å²) < 4.78 is 23.4. The second-order valence-corrected chi connectivity index (χ2v) is 7.67. The minimum absolute atomic E-state index is 0.195. The van der Waals surface area contributed by atoms with Gasteiger partial charge in [-0.25, -0.2) is 8.42 Å². The molecule has 1 saturated carbocycles. The average molecular weight is 267 g/mol. The molecule has 3 nitrogen and oxygen atoms in total. The van der Waals surface area contributed by atoms with Crippen LogP contribution in [-0.2, 0) is 15.3 Å². The second kappa shape index (κ2) is 4.92. The standard InChI is InChI=1S/C14H21NO2S/c1-18(16,17)11-14(9-3-2-4-10-14)12-5-7-13(15)8-6-12/h5-8H,2-4,9-11,15H2,1H3. The fourth-order valence-electron chi connectivity index (χ4n) is 3.08. The normalized spacial score (nSPS) is 19.6. The molecule has 18 heavy (non-hydrogen) atoms. The van der Waals surface area contributed by atoms with E-state index >= 15 is 0 Å². The summed E-state index contributed by atoms with van der Waals surface area (Å²) in [6.45, 7) is 0. The lowest BCUT2D eigenvalue weighted by atomic mass is 9.71. The third kappa shape index (κ3) is 3.05. The van der Waals surface area contributed by atoms with Gasteiger partial charge in [0.1, 0.15) is 9.84 Å². The number of rotatable bonds is 3. The van der Waals surface area contributed by atoms with Crippen LogP contribution in [0.15, 0.2) is 24.3 Å². The minimum Gasteiger partial charge on any atom is -0.399 e. The first kappa shape index (κ1) is 13.4. The highest BCUT2D eigenvalue weighted by molar-refractivity contribution is 7.90. The summed E-state index contributed by atoms with van der Waals surface area (Å²) in [5.41, 5.74) is 7.37. The van der Waals surface area contributed by atoms with E-state index in [-0.39, 0.29) is 11.2 Å². The first-order chi connectivity index (χ1) is 8.41. The third-order valence-corrected chi connectivity index (χ3v) is 4.95. The maximum absolute atomic E-state index is 11.7. The number of hydrogen-bond donors (Lipinski definition) is 1. The zero-order chi connectivity index (χ0) is 13.2. The SMILES string of the molecule is CS(=O)(=O)CC1(c2ccc(N)cc2)CCCCC1. The second-order valence-electron chi connectivity index (χ2n) is 5.53. The van der Waals surface area contributed by atoms with E-state index in [9.17, 15) is 8.42 Å². The highest BCUT2D eigenvalue weighted by Gasteiger charge is 2.36. The first-order valence-electron chi connectivity index (χ1n) is 6.45. The Morgan fingerprint density at radius 3 is 2.17 bits per heavy atom. The van der Waals surface area contributed by atoms with E-state index in [2.05, 4.69) is 0 Å². The average Bonchev–Trinajstić information content (AvgIpc) is 2.28. The molecule has 1 aliphatic carbocycles. The van der Waals surface area contributed by atoms with Gasteiger partial charge in [0, 0.05) is 17.4 Å². The van der Waals surface area contributed by atoms with Crippen molar-refractivity contribution < 1.29 is 8.42 Å². The quantitative estimate of drug-likeness (QED) is 0.856. The van der Waals surface area contributed by atoms with Gasteiger partial charge in [-0.1, -0.05) is 31.4 Å². The van der Waals surface area contributed by atoms with E-state index in [4.69, 9.17) is 5.73 Å². The number of benzene rings is 1. The van der Waals surface area contributed by atoms with Crippen molar-refractivity contribution in [3.63, 3.8) is 0 Å². The number of nitrogens with two attached hydrogens (primary N) is 1. The van der Waals surface area contributed by atoms with Gasteiger partial charge >= 0.3 is 0 Å². The molecular formula is C14H21NO2S. The fraction of sp³-hybridized carbons (Fsp3) is 0.571. The predicted octanol–water partition coefficient (Wildman–Crippen LogP) is 2.52. The van der Waals surface area contributed by atoms with Gasteiger partial charge in [0.25, 0.3) is 0 Å². The number of anilines is 1. The Hall–Kier alpha value is -1.03.